The standard InChI is InChI=1S/C22H23NO4/c1-27-22(26)18-11-9-17(10-12-18)21(25)23-13-5-8-19(15-23)20(24)14-16-6-3-2-4-7-16/h2-4,6-7,9-12,19H,5,8,13-15H2,1H3/t19-/m1/s1. The van der Waals surface area contributed by atoms with E-state index in [0.29, 0.717) is 30.6 Å². The summed E-state index contributed by atoms with van der Waals surface area (Å²) in [6.45, 7) is 1.09. The number of Topliss-reactive ketones (excluding diaryl/α,β-unsaturated/α-hetero) is 1. The van der Waals surface area contributed by atoms with Gasteiger partial charge in [0.15, 0.2) is 0 Å². The lowest BCUT2D eigenvalue weighted by Crippen LogP contribution is -2.42. The normalized spacial score (nSPS) is 16.6. The number of benzene rings is 2. The van der Waals surface area contributed by atoms with Crippen LogP contribution in [-0.4, -0.2) is 42.8 Å². The van der Waals surface area contributed by atoms with Crippen LogP contribution < -0.4 is 0 Å². The van der Waals surface area contributed by atoms with Gasteiger partial charge >= 0.3 is 5.97 Å². The zero-order valence-corrected chi connectivity index (χ0v) is 15.4. The van der Waals surface area contributed by atoms with E-state index in [9.17, 15) is 14.4 Å². The number of ether oxygens (including phenoxy) is 1. The average molecular weight is 365 g/mol. The van der Waals surface area contributed by atoms with Crippen molar-refractivity contribution in [2.24, 2.45) is 5.92 Å². The van der Waals surface area contributed by atoms with E-state index in [-0.39, 0.29) is 17.6 Å². The summed E-state index contributed by atoms with van der Waals surface area (Å²) in [6, 6.07) is 16.1. The Morgan fingerprint density at radius 3 is 2.33 bits per heavy atom. The Balaban J connectivity index is 1.64. The van der Waals surface area contributed by atoms with Crippen molar-refractivity contribution in [1.82, 2.24) is 4.90 Å². The summed E-state index contributed by atoms with van der Waals surface area (Å²) in [5.41, 5.74) is 1.92. The van der Waals surface area contributed by atoms with E-state index >= 15 is 0 Å². The van der Waals surface area contributed by atoms with E-state index in [1.807, 2.05) is 30.3 Å². The van der Waals surface area contributed by atoms with Gasteiger partial charge in [0.1, 0.15) is 5.78 Å². The molecule has 1 heterocycles. The van der Waals surface area contributed by atoms with Gasteiger partial charge in [-0.05, 0) is 42.7 Å². The van der Waals surface area contributed by atoms with Gasteiger partial charge in [-0.15, -0.1) is 0 Å². The van der Waals surface area contributed by atoms with Crippen molar-refractivity contribution in [3.8, 4) is 0 Å². The second kappa shape index (κ2) is 8.62. The van der Waals surface area contributed by atoms with Crippen molar-refractivity contribution in [3.63, 3.8) is 0 Å². The topological polar surface area (TPSA) is 63.7 Å². The maximum absolute atomic E-state index is 12.8. The van der Waals surface area contributed by atoms with Crippen LogP contribution in [0, 0.1) is 5.92 Å². The molecule has 0 aromatic heterocycles. The lowest BCUT2D eigenvalue weighted by Gasteiger charge is -2.32. The van der Waals surface area contributed by atoms with Gasteiger partial charge in [-0.2, -0.15) is 0 Å². The minimum Gasteiger partial charge on any atom is -0.465 e. The molecule has 1 saturated heterocycles. The lowest BCUT2D eigenvalue weighted by molar-refractivity contribution is -0.123. The van der Waals surface area contributed by atoms with Crippen LogP contribution in [0.3, 0.4) is 0 Å². The molecule has 140 valence electrons. The highest BCUT2D eigenvalue weighted by Gasteiger charge is 2.28. The Bertz CT molecular complexity index is 814. The van der Waals surface area contributed by atoms with E-state index < -0.39 is 5.97 Å². The third-order valence-electron chi connectivity index (χ3n) is 4.94. The highest BCUT2D eigenvalue weighted by atomic mass is 16.5. The first-order valence-electron chi connectivity index (χ1n) is 9.13. The Morgan fingerprint density at radius 2 is 1.67 bits per heavy atom. The molecule has 27 heavy (non-hydrogen) atoms. The Hall–Kier alpha value is -2.95. The van der Waals surface area contributed by atoms with E-state index in [1.165, 1.54) is 7.11 Å². The molecule has 0 saturated carbocycles. The highest BCUT2D eigenvalue weighted by molar-refractivity contribution is 5.96. The van der Waals surface area contributed by atoms with Crippen molar-refractivity contribution in [3.05, 3.63) is 71.3 Å². The molecule has 1 aliphatic rings. The molecule has 2 aromatic rings. The summed E-state index contributed by atoms with van der Waals surface area (Å²) in [4.78, 5) is 38.7. The molecule has 0 unspecified atom stereocenters. The fourth-order valence-electron chi connectivity index (χ4n) is 3.42. The Kier molecular flexibility index (Phi) is 6.01. The molecule has 0 bridgehead atoms. The number of hydrogen-bond donors (Lipinski definition) is 0. The van der Waals surface area contributed by atoms with Crippen LogP contribution in [-0.2, 0) is 16.0 Å². The molecule has 2 aromatic carbocycles. The van der Waals surface area contributed by atoms with Gasteiger partial charge in [0.2, 0.25) is 0 Å². The minimum absolute atomic E-state index is 0.108. The predicted molar refractivity (Wildman–Crippen MR) is 102 cm³/mol. The number of methoxy groups -OCH3 is 1. The van der Waals surface area contributed by atoms with Crippen molar-refractivity contribution < 1.29 is 19.1 Å². The summed E-state index contributed by atoms with van der Waals surface area (Å²) < 4.78 is 4.67. The first kappa shape index (κ1) is 18.8. The molecule has 0 aliphatic carbocycles. The minimum atomic E-state index is -0.432. The van der Waals surface area contributed by atoms with Crippen LogP contribution >= 0.6 is 0 Å². The predicted octanol–water partition coefficient (Wildman–Crippen LogP) is 3.14. The molecule has 0 spiro atoms. The molecule has 3 rings (SSSR count). The third-order valence-corrected chi connectivity index (χ3v) is 4.94. The van der Waals surface area contributed by atoms with Gasteiger partial charge in [0.05, 0.1) is 12.7 Å². The number of piperidine rings is 1. The number of carbonyl (C=O) groups excluding carboxylic acids is 3. The second-order valence-electron chi connectivity index (χ2n) is 6.79. The zero-order chi connectivity index (χ0) is 19.2. The maximum Gasteiger partial charge on any atom is 0.337 e. The van der Waals surface area contributed by atoms with E-state index in [0.717, 1.165) is 18.4 Å². The van der Waals surface area contributed by atoms with Crippen LogP contribution in [0.25, 0.3) is 0 Å². The SMILES string of the molecule is COC(=O)c1ccc(C(=O)N2CCC[C@@H](C(=O)Cc3ccccc3)C2)cc1. The van der Waals surface area contributed by atoms with Crippen molar-refractivity contribution in [2.45, 2.75) is 19.3 Å². The quantitative estimate of drug-likeness (QED) is 0.764. The fraction of sp³-hybridized carbons (Fsp3) is 0.318. The summed E-state index contributed by atoms with van der Waals surface area (Å²) in [5.74, 6) is -0.487. The summed E-state index contributed by atoms with van der Waals surface area (Å²) in [5, 5.41) is 0. The van der Waals surface area contributed by atoms with Crippen molar-refractivity contribution >= 4 is 17.7 Å². The number of esters is 1. The largest absolute Gasteiger partial charge is 0.465 e. The number of ketones is 1. The molecular formula is C22H23NO4. The molecule has 0 radical (unpaired) electrons. The van der Waals surface area contributed by atoms with Crippen LogP contribution in [0.2, 0.25) is 0 Å². The second-order valence-corrected chi connectivity index (χ2v) is 6.79. The zero-order valence-electron chi connectivity index (χ0n) is 15.4. The number of hydrogen-bond acceptors (Lipinski definition) is 4. The van der Waals surface area contributed by atoms with Gasteiger partial charge < -0.3 is 9.64 Å². The first-order chi connectivity index (χ1) is 13.1. The van der Waals surface area contributed by atoms with Gasteiger partial charge in [0.25, 0.3) is 5.91 Å². The molecule has 1 atom stereocenters. The van der Waals surface area contributed by atoms with E-state index in [1.54, 1.807) is 29.2 Å². The van der Waals surface area contributed by atoms with Crippen molar-refractivity contribution in [2.75, 3.05) is 20.2 Å². The number of nitrogens with zero attached hydrogens (tertiary/aromatic N) is 1. The molecule has 5 nitrogen and oxygen atoms in total. The van der Waals surface area contributed by atoms with Gasteiger partial charge in [-0.3, -0.25) is 9.59 Å². The Morgan fingerprint density at radius 1 is 1.00 bits per heavy atom. The average Bonchev–Trinajstić information content (AvgIpc) is 2.73. The van der Waals surface area contributed by atoms with Gasteiger partial charge in [-0.1, -0.05) is 30.3 Å². The van der Waals surface area contributed by atoms with Crippen LogP contribution in [0.15, 0.2) is 54.6 Å². The Labute approximate surface area is 158 Å². The summed E-state index contributed by atoms with van der Waals surface area (Å²) >= 11 is 0. The summed E-state index contributed by atoms with van der Waals surface area (Å²) in [6.07, 6.45) is 2.04. The van der Waals surface area contributed by atoms with Crippen LogP contribution in [0.1, 0.15) is 39.1 Å². The molecule has 0 N–H and O–H groups in total. The monoisotopic (exact) mass is 365 g/mol. The molecule has 1 fully saturated rings. The number of amides is 1. The smallest absolute Gasteiger partial charge is 0.337 e. The number of carbonyl (C=O) groups is 3. The lowest BCUT2D eigenvalue weighted by atomic mass is 9.90. The van der Waals surface area contributed by atoms with E-state index in [4.69, 9.17) is 0 Å². The molecule has 1 amide bonds. The molecular weight excluding hydrogens is 342 g/mol. The fourth-order valence-corrected chi connectivity index (χ4v) is 3.42. The summed E-state index contributed by atoms with van der Waals surface area (Å²) in [7, 11) is 1.32. The van der Waals surface area contributed by atoms with Crippen LogP contribution in [0.4, 0.5) is 0 Å². The molecule has 1 aliphatic heterocycles. The first-order valence-corrected chi connectivity index (χ1v) is 9.13. The van der Waals surface area contributed by atoms with Gasteiger partial charge in [-0.25, -0.2) is 4.79 Å². The highest BCUT2D eigenvalue weighted by Crippen LogP contribution is 2.21. The number of rotatable bonds is 5. The number of likely N-dealkylation sites (tertiary alicyclic amines) is 1. The van der Waals surface area contributed by atoms with Crippen molar-refractivity contribution in [1.29, 1.82) is 0 Å². The van der Waals surface area contributed by atoms with Crippen LogP contribution in [0.5, 0.6) is 0 Å². The van der Waals surface area contributed by atoms with Gasteiger partial charge in [0, 0.05) is 31.0 Å². The van der Waals surface area contributed by atoms with E-state index in [2.05, 4.69) is 4.74 Å². The maximum atomic E-state index is 12.8. The third kappa shape index (κ3) is 4.61. The molecule has 5 heteroatoms.